The zero-order valence-corrected chi connectivity index (χ0v) is 27.0. The molecule has 49 heavy (non-hydrogen) atoms. The van der Waals surface area contributed by atoms with E-state index in [1.165, 1.54) is 10.6 Å². The average Bonchev–Trinajstić information content (AvgIpc) is 3.46. The zero-order chi connectivity index (χ0) is 34.5. The molecule has 254 valence electrons. The number of likely N-dealkylation sites (tertiary alicyclic amines) is 1. The molecule has 3 heterocycles. The molecule has 0 unspecified atom stereocenters. The lowest BCUT2D eigenvalue weighted by Gasteiger charge is -2.39. The molecular formula is C37H37F2N5O5. The van der Waals surface area contributed by atoms with Crippen molar-refractivity contribution in [2.75, 3.05) is 26.2 Å². The Hall–Kier alpha value is -4.96. The van der Waals surface area contributed by atoms with Gasteiger partial charge >= 0.3 is 11.7 Å². The lowest BCUT2D eigenvalue weighted by molar-refractivity contribution is -0.137. The summed E-state index contributed by atoms with van der Waals surface area (Å²) in [5.41, 5.74) is 0.791. The molecule has 1 spiro atoms. The van der Waals surface area contributed by atoms with Gasteiger partial charge in [0.1, 0.15) is 17.2 Å². The highest BCUT2D eigenvalue weighted by atomic mass is 19.1. The number of aliphatic carboxylic acids is 1. The van der Waals surface area contributed by atoms with Gasteiger partial charge in [0.15, 0.2) is 0 Å². The summed E-state index contributed by atoms with van der Waals surface area (Å²) in [4.78, 5) is 42.0. The molecule has 0 aliphatic carbocycles. The Labute approximate surface area is 281 Å². The maximum absolute atomic E-state index is 15.0. The number of ether oxygens (including phenoxy) is 1. The lowest BCUT2D eigenvalue weighted by Crippen LogP contribution is -2.48. The van der Waals surface area contributed by atoms with Crippen LogP contribution >= 0.6 is 0 Å². The minimum absolute atomic E-state index is 0.0478. The number of carboxylic acids is 1. The molecule has 3 aromatic carbocycles. The Morgan fingerprint density at radius 2 is 1.71 bits per heavy atom. The Bertz CT molecular complexity index is 2010. The third kappa shape index (κ3) is 7.10. The highest BCUT2D eigenvalue weighted by Gasteiger charge is 2.47. The maximum atomic E-state index is 15.0. The van der Waals surface area contributed by atoms with E-state index in [0.717, 1.165) is 22.3 Å². The van der Waals surface area contributed by atoms with Crippen molar-refractivity contribution in [3.63, 3.8) is 0 Å². The first-order chi connectivity index (χ1) is 23.7. The summed E-state index contributed by atoms with van der Waals surface area (Å²) in [6.07, 6.45) is 1.87. The van der Waals surface area contributed by atoms with Gasteiger partial charge in [0.25, 0.3) is 5.56 Å². The largest absolute Gasteiger partial charge is 0.481 e. The number of aromatic nitrogens is 2. The first-order valence-corrected chi connectivity index (χ1v) is 16.4. The molecular weight excluding hydrogens is 632 g/mol. The normalized spacial score (nSPS) is 15.3. The minimum atomic E-state index is -0.997. The van der Waals surface area contributed by atoms with Crippen molar-refractivity contribution >= 4 is 5.97 Å². The molecule has 0 atom stereocenters. The first kappa shape index (κ1) is 33.9. The second-order valence-corrected chi connectivity index (χ2v) is 12.5. The van der Waals surface area contributed by atoms with E-state index in [9.17, 15) is 28.4 Å². The van der Waals surface area contributed by atoms with Crippen LogP contribution in [0.2, 0.25) is 0 Å². The first-order valence-electron chi connectivity index (χ1n) is 16.4. The highest BCUT2D eigenvalue weighted by molar-refractivity contribution is 5.66. The number of carbonyl (C=O) groups is 1. The average molecular weight is 670 g/mol. The second-order valence-electron chi connectivity index (χ2n) is 12.5. The van der Waals surface area contributed by atoms with E-state index in [2.05, 4.69) is 16.3 Å². The molecule has 2 aliphatic heterocycles. The second kappa shape index (κ2) is 14.7. The van der Waals surface area contributed by atoms with Crippen LogP contribution in [0.4, 0.5) is 8.78 Å². The van der Waals surface area contributed by atoms with Crippen LogP contribution < -0.4 is 16.6 Å². The fraction of sp³-hybridized carbons (Fsp3) is 0.351. The summed E-state index contributed by atoms with van der Waals surface area (Å²) in [6.45, 7) is 2.28. The fourth-order valence-corrected chi connectivity index (χ4v) is 6.91. The van der Waals surface area contributed by atoms with Gasteiger partial charge in [0.2, 0.25) is 0 Å². The van der Waals surface area contributed by atoms with Crippen molar-refractivity contribution in [1.29, 1.82) is 5.26 Å². The number of benzene rings is 3. The summed E-state index contributed by atoms with van der Waals surface area (Å²) in [5, 5.41) is 21.4. The number of para-hydroxylation sites is 1. The molecule has 10 nitrogen and oxygen atoms in total. The molecule has 1 aromatic heterocycles. The molecule has 1 fully saturated rings. The third-order valence-corrected chi connectivity index (χ3v) is 9.45. The van der Waals surface area contributed by atoms with E-state index < -0.39 is 41.0 Å². The number of nitrogens with one attached hydrogen (secondary N) is 1. The van der Waals surface area contributed by atoms with Crippen LogP contribution in [0.5, 0.6) is 0 Å². The van der Waals surface area contributed by atoms with Gasteiger partial charge < -0.3 is 15.2 Å². The van der Waals surface area contributed by atoms with Gasteiger partial charge in [0.05, 0.1) is 41.7 Å². The highest BCUT2D eigenvalue weighted by Crippen LogP contribution is 2.42. The van der Waals surface area contributed by atoms with E-state index in [1.54, 1.807) is 18.2 Å². The summed E-state index contributed by atoms with van der Waals surface area (Å²) in [7, 11) is 0. The Balaban J connectivity index is 1.37. The number of hydrogen-bond acceptors (Lipinski definition) is 7. The Morgan fingerprint density at radius 3 is 2.45 bits per heavy atom. The molecule has 4 aromatic rings. The van der Waals surface area contributed by atoms with Gasteiger partial charge in [-0.1, -0.05) is 36.4 Å². The van der Waals surface area contributed by atoms with Crippen molar-refractivity contribution < 1.29 is 23.4 Å². The molecule has 2 N–H and O–H groups in total. The molecule has 0 bridgehead atoms. The molecule has 6 rings (SSSR count). The Kier molecular flexibility index (Phi) is 10.1. The third-order valence-electron chi connectivity index (χ3n) is 9.45. The van der Waals surface area contributed by atoms with Crippen LogP contribution in [-0.2, 0) is 41.2 Å². The molecule has 0 radical (unpaired) electrons. The quantitative estimate of drug-likeness (QED) is 0.215. The maximum Gasteiger partial charge on any atom is 0.336 e. The SMILES string of the molecule is N#Cc1cccc(CN2CCC3(CC2)OCc2c3c(=O)n(-c3ccccc3CCNCCCC(=O)O)c(=O)n2Cc2c(F)cccc2F)c1. The summed E-state index contributed by atoms with van der Waals surface area (Å²) >= 11 is 0. The van der Waals surface area contributed by atoms with Gasteiger partial charge in [-0.05, 0) is 80.2 Å². The topological polar surface area (TPSA) is 130 Å². The zero-order valence-electron chi connectivity index (χ0n) is 27.0. The van der Waals surface area contributed by atoms with Crippen LogP contribution in [-0.4, -0.2) is 51.3 Å². The smallest absolute Gasteiger partial charge is 0.336 e. The van der Waals surface area contributed by atoms with Crippen LogP contribution in [0, 0.1) is 23.0 Å². The fourth-order valence-electron chi connectivity index (χ4n) is 6.91. The van der Waals surface area contributed by atoms with Gasteiger partial charge in [-0.3, -0.25) is 19.1 Å². The molecule has 0 saturated carbocycles. The number of halogens is 2. The Morgan fingerprint density at radius 1 is 0.980 bits per heavy atom. The van der Waals surface area contributed by atoms with Gasteiger partial charge in [0, 0.05) is 31.6 Å². The lowest BCUT2D eigenvalue weighted by atomic mass is 9.85. The van der Waals surface area contributed by atoms with Crippen LogP contribution in [0.1, 0.15) is 59.2 Å². The molecule has 2 aliphatic rings. The molecule has 1 saturated heterocycles. The predicted octanol–water partition coefficient (Wildman–Crippen LogP) is 4.22. The number of nitriles is 1. The van der Waals surface area contributed by atoms with E-state index >= 15 is 0 Å². The number of carboxylic acid groups (broad SMARTS) is 1. The summed E-state index contributed by atoms with van der Waals surface area (Å²) in [6, 6.07) is 20.2. The standard InChI is InChI=1S/C37H37F2N5O5/c38-29-9-4-10-30(39)28(29)23-43-32-24-49-37(14-18-42(19-15-37)22-26-7-3-6-25(20-26)21-40)34(32)35(47)44(36(43)48)31-11-2-1-8-27(31)13-17-41-16-5-12-33(45)46/h1-4,6-11,20,41H,5,12-19,22-24H2,(H,45,46). The van der Waals surface area contributed by atoms with E-state index in [-0.39, 0.29) is 18.6 Å². The van der Waals surface area contributed by atoms with Crippen molar-refractivity contribution in [1.82, 2.24) is 19.4 Å². The van der Waals surface area contributed by atoms with Gasteiger partial charge in [-0.15, -0.1) is 0 Å². The summed E-state index contributed by atoms with van der Waals surface area (Å²) < 4.78 is 38.7. The van der Waals surface area contributed by atoms with Crippen molar-refractivity contribution in [3.8, 4) is 11.8 Å². The van der Waals surface area contributed by atoms with Crippen LogP contribution in [0.25, 0.3) is 5.69 Å². The van der Waals surface area contributed by atoms with Crippen LogP contribution in [0.3, 0.4) is 0 Å². The van der Waals surface area contributed by atoms with Gasteiger partial charge in [-0.25, -0.2) is 18.1 Å². The van der Waals surface area contributed by atoms with Crippen molar-refractivity contribution in [3.05, 3.63) is 133 Å². The van der Waals surface area contributed by atoms with E-state index in [4.69, 9.17) is 9.84 Å². The van der Waals surface area contributed by atoms with Crippen molar-refractivity contribution in [2.45, 2.75) is 57.4 Å². The van der Waals surface area contributed by atoms with E-state index in [1.807, 2.05) is 30.3 Å². The number of hydrogen-bond donors (Lipinski definition) is 2. The van der Waals surface area contributed by atoms with E-state index in [0.29, 0.717) is 86.5 Å². The van der Waals surface area contributed by atoms with Crippen LogP contribution in [0.15, 0.2) is 76.3 Å². The van der Waals surface area contributed by atoms with Crippen molar-refractivity contribution in [2.24, 2.45) is 0 Å². The monoisotopic (exact) mass is 669 g/mol. The summed E-state index contributed by atoms with van der Waals surface area (Å²) in [5.74, 6) is -2.46. The number of fused-ring (bicyclic) bond motifs is 2. The number of rotatable bonds is 12. The molecule has 12 heteroatoms. The number of nitrogens with zero attached hydrogens (tertiary/aromatic N) is 4. The molecule has 0 amide bonds. The number of piperidine rings is 1. The minimum Gasteiger partial charge on any atom is -0.481 e. The van der Waals surface area contributed by atoms with Gasteiger partial charge in [-0.2, -0.15) is 5.26 Å². The predicted molar refractivity (Wildman–Crippen MR) is 177 cm³/mol.